The van der Waals surface area contributed by atoms with Crippen LogP contribution in [0.25, 0.3) is 11.1 Å². The normalized spacial score (nSPS) is 23.8. The van der Waals surface area contributed by atoms with Crippen molar-refractivity contribution >= 4 is 42.6 Å². The summed E-state index contributed by atoms with van der Waals surface area (Å²) in [5, 5.41) is 13.6. The molecule has 3 aliphatic carbocycles. The van der Waals surface area contributed by atoms with Crippen LogP contribution in [0.5, 0.6) is 0 Å². The molecule has 1 unspecified atom stereocenters. The van der Waals surface area contributed by atoms with Gasteiger partial charge >= 0.3 is 7.12 Å². The summed E-state index contributed by atoms with van der Waals surface area (Å²) in [7, 11) is -0.876. The number of hydrogen-bond donors (Lipinski definition) is 9. The van der Waals surface area contributed by atoms with Gasteiger partial charge in [0.25, 0.3) is 11.8 Å². The first kappa shape index (κ1) is 54.4. The number of nitrogens with zero attached hydrogens (tertiary/aromatic N) is 1. The van der Waals surface area contributed by atoms with Gasteiger partial charge in [0, 0.05) is 25.1 Å². The van der Waals surface area contributed by atoms with Crippen LogP contribution in [0.3, 0.4) is 0 Å². The highest BCUT2D eigenvalue weighted by Crippen LogP contribution is 2.65. The number of carbonyl (C=O) groups is 6. The average Bonchev–Trinajstić information content (AvgIpc) is 3.99. The monoisotopic (exact) mass is 971 g/mol. The molecular formula is C51H79BN10O8. The molecular weight excluding hydrogens is 891 g/mol. The first-order chi connectivity index (χ1) is 33.5. The molecule has 13 N–H and O–H groups in total. The van der Waals surface area contributed by atoms with Gasteiger partial charge in [-0.25, -0.2) is 0 Å². The van der Waals surface area contributed by atoms with E-state index in [1.165, 1.54) is 10.5 Å². The van der Waals surface area contributed by atoms with Crippen molar-refractivity contribution in [2.75, 3.05) is 26.2 Å². The Labute approximate surface area is 414 Å². The Bertz CT molecular complexity index is 2110. The number of rotatable bonds is 26. The molecule has 5 aliphatic rings. The molecule has 9 atom stereocenters. The first-order valence-electron chi connectivity index (χ1n) is 25.7. The lowest BCUT2D eigenvalue weighted by atomic mass is 9.43. The zero-order valence-corrected chi connectivity index (χ0v) is 41.8. The zero-order chi connectivity index (χ0) is 50.6. The smallest absolute Gasteiger partial charge is 0.403 e. The van der Waals surface area contributed by atoms with E-state index < -0.39 is 72.6 Å². The number of aryl methyl sites for hydroxylation is 1. The summed E-state index contributed by atoms with van der Waals surface area (Å²) in [5.41, 5.74) is 27.6. The molecule has 2 aromatic rings. The highest BCUT2D eigenvalue weighted by Gasteiger charge is 2.68. The predicted molar refractivity (Wildman–Crippen MR) is 269 cm³/mol. The van der Waals surface area contributed by atoms with Crippen LogP contribution in [0.1, 0.15) is 134 Å². The van der Waals surface area contributed by atoms with E-state index in [-0.39, 0.29) is 43.4 Å². The van der Waals surface area contributed by atoms with Crippen molar-refractivity contribution in [3.8, 4) is 11.1 Å². The predicted octanol–water partition coefficient (Wildman–Crippen LogP) is 2.49. The molecule has 0 spiro atoms. The van der Waals surface area contributed by atoms with E-state index in [0.717, 1.165) is 56.1 Å². The Morgan fingerprint density at radius 3 is 2.11 bits per heavy atom. The van der Waals surface area contributed by atoms with Crippen LogP contribution in [0.4, 0.5) is 0 Å². The minimum Gasteiger partial charge on any atom is -0.403 e. The van der Waals surface area contributed by atoms with Gasteiger partial charge in [0.15, 0.2) is 6.17 Å². The number of carbonyl (C=O) groups excluding carboxylic acids is 6. The summed E-state index contributed by atoms with van der Waals surface area (Å²) in [6, 6.07) is 11.8. The number of unbranched alkanes of at least 4 members (excludes halogenated alkanes) is 4. The number of likely N-dealkylation sites (tertiary alicyclic amines) is 1. The van der Waals surface area contributed by atoms with Crippen molar-refractivity contribution < 1.29 is 38.1 Å². The average molecular weight is 971 g/mol. The fourth-order valence-electron chi connectivity index (χ4n) is 10.9. The van der Waals surface area contributed by atoms with Gasteiger partial charge in [-0.05, 0) is 137 Å². The van der Waals surface area contributed by atoms with E-state index in [1.807, 2.05) is 12.1 Å². The maximum absolute atomic E-state index is 14.1. The van der Waals surface area contributed by atoms with Gasteiger partial charge in [-0.2, -0.15) is 0 Å². The number of nitrogens with one attached hydrogen (secondary N) is 5. The molecule has 0 radical (unpaired) electrons. The standard InChI is InChI=1S/C51H79BN10O8/c1-5-6-13-32-17-19-33(20-18-32)34-21-23-35(24-22-34)44(64)57-28-25-42(63)58-38(15-8-7-10-26-53)48(68)62-29-12-16-39(62)46(66)60-43(55)47(67)59-37(14-9-11-27-54)45(65)61-49(56)52-69-41-31-36-30-40(50(36,2)3)51(41,4)70-52/h17-24,36-41,43,49H,5-16,25-31,53-56H2,1-4H3,(H,57,64)(H,58,63)(H,59,67)(H,60,66)(H,61,65)/t36-,37-,38-,39-,40-,41?,43+,49+,51-/m0/s1. The van der Waals surface area contributed by atoms with E-state index in [1.54, 1.807) is 12.1 Å². The molecule has 18 nitrogen and oxygen atoms in total. The maximum atomic E-state index is 14.1. The summed E-state index contributed by atoms with van der Waals surface area (Å²) in [6.07, 6.45) is 8.03. The minimum atomic E-state index is -1.56. The van der Waals surface area contributed by atoms with Gasteiger partial charge in [0.2, 0.25) is 23.6 Å². The van der Waals surface area contributed by atoms with Crippen LogP contribution in [0, 0.1) is 17.3 Å². The quantitative estimate of drug-likeness (QED) is 0.0374. The molecule has 2 aromatic carbocycles. The van der Waals surface area contributed by atoms with Gasteiger partial charge < -0.3 is 63.7 Å². The molecule has 384 valence electrons. The highest BCUT2D eigenvalue weighted by molar-refractivity contribution is 6.47. The molecule has 70 heavy (non-hydrogen) atoms. The Balaban J connectivity index is 0.990. The van der Waals surface area contributed by atoms with E-state index in [9.17, 15) is 28.8 Å². The fraction of sp³-hybridized carbons (Fsp3) is 0.647. The number of hydrogen-bond acceptors (Lipinski definition) is 12. The van der Waals surface area contributed by atoms with Crippen molar-refractivity contribution in [2.45, 2.75) is 166 Å². The molecule has 6 amide bonds. The van der Waals surface area contributed by atoms with Crippen LogP contribution in [0.2, 0.25) is 0 Å². The van der Waals surface area contributed by atoms with Gasteiger partial charge in [-0.1, -0.05) is 76.4 Å². The Hall–Kier alpha value is -4.92. The summed E-state index contributed by atoms with van der Waals surface area (Å²) < 4.78 is 12.7. The topological polar surface area (TPSA) is 288 Å². The van der Waals surface area contributed by atoms with Gasteiger partial charge in [0.1, 0.15) is 24.2 Å². The lowest BCUT2D eigenvalue weighted by Crippen LogP contribution is -2.65. The first-order valence-corrected chi connectivity index (χ1v) is 25.7. The molecule has 2 aliphatic heterocycles. The second-order valence-corrected chi connectivity index (χ2v) is 20.5. The number of amides is 6. The van der Waals surface area contributed by atoms with Crippen LogP contribution in [-0.4, -0.2) is 116 Å². The molecule has 2 saturated heterocycles. The van der Waals surface area contributed by atoms with Crippen LogP contribution in [0.15, 0.2) is 48.5 Å². The van der Waals surface area contributed by atoms with Gasteiger partial charge in [-0.15, -0.1) is 0 Å². The number of benzene rings is 2. The molecule has 5 fully saturated rings. The second kappa shape index (κ2) is 25.0. The largest absolute Gasteiger partial charge is 0.497 e. The van der Waals surface area contributed by atoms with Crippen molar-refractivity contribution in [3.05, 3.63) is 59.7 Å². The molecule has 19 heteroatoms. The van der Waals surface area contributed by atoms with Crippen molar-refractivity contribution in [2.24, 2.45) is 40.2 Å². The summed E-state index contributed by atoms with van der Waals surface area (Å²) in [6.45, 7) is 9.91. The third-order valence-corrected chi connectivity index (χ3v) is 15.3. The zero-order valence-electron chi connectivity index (χ0n) is 41.8. The molecule has 2 bridgehead atoms. The highest BCUT2D eigenvalue weighted by atomic mass is 16.7. The second-order valence-electron chi connectivity index (χ2n) is 20.5. The molecule has 2 heterocycles. The van der Waals surface area contributed by atoms with Crippen LogP contribution >= 0.6 is 0 Å². The van der Waals surface area contributed by atoms with Crippen molar-refractivity contribution in [3.63, 3.8) is 0 Å². The Morgan fingerprint density at radius 2 is 1.44 bits per heavy atom. The SMILES string of the molecule is CCCCc1ccc(-c2ccc(C(=O)NCCC(=O)N[C@@H](CCCCCN)C(=O)N3CCC[C@H]3C(=O)N[C@@H](N)C(=O)N[C@@H](CCCCN)C(=O)N[C@@H](N)B3OC4C[C@@H]5C[C@@H](C5(C)C)[C@]4(C)O3)cc2)cc1. The van der Waals surface area contributed by atoms with E-state index in [0.29, 0.717) is 69.0 Å². The fourth-order valence-corrected chi connectivity index (χ4v) is 10.9. The lowest BCUT2D eigenvalue weighted by Gasteiger charge is -2.64. The molecule has 3 saturated carbocycles. The Kier molecular flexibility index (Phi) is 19.4. The van der Waals surface area contributed by atoms with E-state index in [2.05, 4.69) is 78.5 Å². The minimum absolute atomic E-state index is 0.0410. The summed E-state index contributed by atoms with van der Waals surface area (Å²) in [4.78, 5) is 82.8. The molecule has 0 aromatic heterocycles. The van der Waals surface area contributed by atoms with Crippen LogP contribution < -0.4 is 49.5 Å². The number of nitrogens with two attached hydrogens (primary N) is 4. The van der Waals surface area contributed by atoms with Crippen molar-refractivity contribution in [1.82, 2.24) is 31.5 Å². The van der Waals surface area contributed by atoms with E-state index in [4.69, 9.17) is 32.2 Å². The summed E-state index contributed by atoms with van der Waals surface area (Å²) in [5.74, 6) is -2.37. The molecule has 7 rings (SSSR count). The summed E-state index contributed by atoms with van der Waals surface area (Å²) >= 11 is 0. The van der Waals surface area contributed by atoms with Crippen LogP contribution in [-0.2, 0) is 39.7 Å². The Morgan fingerprint density at radius 1 is 0.786 bits per heavy atom. The van der Waals surface area contributed by atoms with E-state index >= 15 is 0 Å². The third-order valence-electron chi connectivity index (χ3n) is 15.3. The third kappa shape index (κ3) is 13.3. The van der Waals surface area contributed by atoms with Gasteiger partial charge in [0.05, 0.1) is 11.7 Å². The van der Waals surface area contributed by atoms with Crippen molar-refractivity contribution in [1.29, 1.82) is 0 Å². The van der Waals surface area contributed by atoms with Gasteiger partial charge in [-0.3, -0.25) is 28.8 Å². The lowest BCUT2D eigenvalue weighted by molar-refractivity contribution is -0.199. The maximum Gasteiger partial charge on any atom is 0.497 e.